The molecular weight excluding hydrogens is 172 g/mol. The molecule has 8 unspecified atom stereocenters. The summed E-state index contributed by atoms with van der Waals surface area (Å²) in [7, 11) is 0. The van der Waals surface area contributed by atoms with E-state index in [9.17, 15) is 0 Å². The monoisotopic (exact) mass is 192 g/mol. The third kappa shape index (κ3) is 0.737. The molecule has 0 aromatic carbocycles. The van der Waals surface area contributed by atoms with Crippen LogP contribution in [0.5, 0.6) is 0 Å². The molecule has 0 radical (unpaired) electrons. The van der Waals surface area contributed by atoms with Crippen molar-refractivity contribution in [2.75, 3.05) is 0 Å². The van der Waals surface area contributed by atoms with Crippen LogP contribution in [-0.4, -0.2) is 12.1 Å². The van der Waals surface area contributed by atoms with Gasteiger partial charge in [0.15, 0.2) is 0 Å². The molecule has 4 aliphatic carbocycles. The second-order valence-electron chi connectivity index (χ2n) is 6.27. The molecule has 0 saturated heterocycles. The number of nitrogens with two attached hydrogens (primary N) is 2. The van der Waals surface area contributed by atoms with Crippen molar-refractivity contribution in [3.63, 3.8) is 0 Å². The standard InChI is InChI=1S/C12H20N2/c13-9-3-5-1-7(9)12-6-2-8(11(5)12)10(14)4-6/h5-12H,1-4,13-14H2. The van der Waals surface area contributed by atoms with Crippen LogP contribution in [0.3, 0.4) is 0 Å². The van der Waals surface area contributed by atoms with E-state index in [1.165, 1.54) is 25.7 Å². The predicted octanol–water partition coefficient (Wildman–Crippen LogP) is 0.953. The zero-order valence-electron chi connectivity index (χ0n) is 8.60. The minimum Gasteiger partial charge on any atom is -0.327 e. The second kappa shape index (κ2) is 2.35. The number of rotatable bonds is 0. The maximum Gasteiger partial charge on any atom is 0.00728 e. The Kier molecular flexibility index (Phi) is 1.37. The Morgan fingerprint density at radius 1 is 0.643 bits per heavy atom. The molecule has 2 nitrogen and oxygen atoms in total. The van der Waals surface area contributed by atoms with Gasteiger partial charge in [-0.15, -0.1) is 0 Å². The molecule has 8 atom stereocenters. The smallest absolute Gasteiger partial charge is 0.00728 e. The quantitative estimate of drug-likeness (QED) is 0.561. The van der Waals surface area contributed by atoms with E-state index in [4.69, 9.17) is 11.5 Å². The molecule has 4 bridgehead atoms. The van der Waals surface area contributed by atoms with Gasteiger partial charge < -0.3 is 11.5 Å². The summed E-state index contributed by atoms with van der Waals surface area (Å²) in [5.41, 5.74) is 12.4. The average molecular weight is 192 g/mol. The lowest BCUT2D eigenvalue weighted by Gasteiger charge is -2.39. The zero-order chi connectivity index (χ0) is 9.45. The van der Waals surface area contributed by atoms with E-state index in [-0.39, 0.29) is 0 Å². The summed E-state index contributed by atoms with van der Waals surface area (Å²) in [5, 5.41) is 0. The Morgan fingerprint density at radius 2 is 1.07 bits per heavy atom. The van der Waals surface area contributed by atoms with Crippen LogP contribution in [0, 0.1) is 35.5 Å². The first-order chi connectivity index (χ1) is 6.75. The van der Waals surface area contributed by atoms with Gasteiger partial charge in [-0.3, -0.25) is 0 Å². The van der Waals surface area contributed by atoms with Crippen LogP contribution in [0.2, 0.25) is 0 Å². The largest absolute Gasteiger partial charge is 0.327 e. The predicted molar refractivity (Wildman–Crippen MR) is 55.4 cm³/mol. The van der Waals surface area contributed by atoms with Gasteiger partial charge in [0, 0.05) is 12.1 Å². The van der Waals surface area contributed by atoms with Crippen LogP contribution in [0.1, 0.15) is 25.7 Å². The maximum atomic E-state index is 6.21. The molecule has 4 fully saturated rings. The van der Waals surface area contributed by atoms with Gasteiger partial charge in [-0.2, -0.15) is 0 Å². The van der Waals surface area contributed by atoms with Gasteiger partial charge >= 0.3 is 0 Å². The lowest BCUT2D eigenvalue weighted by atomic mass is 9.68. The second-order valence-corrected chi connectivity index (χ2v) is 6.27. The molecule has 4 aliphatic rings. The lowest BCUT2D eigenvalue weighted by Crippen LogP contribution is -2.44. The zero-order valence-corrected chi connectivity index (χ0v) is 8.60. The Balaban J connectivity index is 1.72. The summed E-state index contributed by atoms with van der Waals surface area (Å²) >= 11 is 0. The van der Waals surface area contributed by atoms with Gasteiger partial charge in [0.1, 0.15) is 0 Å². The molecule has 0 spiro atoms. The average Bonchev–Trinajstić information content (AvgIpc) is 2.78. The van der Waals surface area contributed by atoms with Crippen LogP contribution in [0.15, 0.2) is 0 Å². The van der Waals surface area contributed by atoms with Gasteiger partial charge in [-0.1, -0.05) is 0 Å². The van der Waals surface area contributed by atoms with Crippen molar-refractivity contribution in [2.24, 2.45) is 47.0 Å². The molecule has 14 heavy (non-hydrogen) atoms. The van der Waals surface area contributed by atoms with Crippen molar-refractivity contribution in [3.05, 3.63) is 0 Å². The van der Waals surface area contributed by atoms with E-state index in [1.807, 2.05) is 0 Å². The van der Waals surface area contributed by atoms with E-state index in [0.717, 1.165) is 35.5 Å². The molecule has 4 saturated carbocycles. The highest BCUT2D eigenvalue weighted by atomic mass is 14.8. The van der Waals surface area contributed by atoms with Gasteiger partial charge in [-0.25, -0.2) is 0 Å². The Labute approximate surface area is 85.4 Å². The van der Waals surface area contributed by atoms with E-state index in [2.05, 4.69) is 0 Å². The highest BCUT2D eigenvalue weighted by molar-refractivity contribution is 5.14. The summed E-state index contributed by atoms with van der Waals surface area (Å²) in [6, 6.07) is 1.08. The van der Waals surface area contributed by atoms with Crippen molar-refractivity contribution < 1.29 is 0 Å². The van der Waals surface area contributed by atoms with E-state index in [0.29, 0.717) is 12.1 Å². The Bertz CT molecular complexity index is 249. The summed E-state index contributed by atoms with van der Waals surface area (Å²) in [4.78, 5) is 0. The molecule has 0 aromatic heterocycles. The molecule has 78 valence electrons. The Hall–Kier alpha value is -0.0800. The van der Waals surface area contributed by atoms with Crippen molar-refractivity contribution in [3.8, 4) is 0 Å². The fraction of sp³-hybridized carbons (Fsp3) is 1.00. The lowest BCUT2D eigenvalue weighted by molar-refractivity contribution is 0.120. The maximum absolute atomic E-state index is 6.21. The highest BCUT2D eigenvalue weighted by Gasteiger charge is 2.63. The highest BCUT2D eigenvalue weighted by Crippen LogP contribution is 2.66. The fourth-order valence-corrected chi connectivity index (χ4v) is 5.70. The molecule has 2 heteroatoms. The summed E-state index contributed by atoms with van der Waals surface area (Å²) < 4.78 is 0. The molecule has 0 heterocycles. The molecule has 4 N–H and O–H groups in total. The first kappa shape index (κ1) is 8.12. The summed E-state index contributed by atoms with van der Waals surface area (Å²) in [6.07, 6.45) is 5.50. The molecule has 0 aliphatic heterocycles. The first-order valence-electron chi connectivity index (χ1n) is 6.27. The van der Waals surface area contributed by atoms with Crippen LogP contribution >= 0.6 is 0 Å². The summed E-state index contributed by atoms with van der Waals surface area (Å²) in [5.74, 6) is 5.67. The normalized spacial score (nSPS) is 69.0. The van der Waals surface area contributed by atoms with Gasteiger partial charge in [0.05, 0.1) is 0 Å². The summed E-state index contributed by atoms with van der Waals surface area (Å²) in [6.45, 7) is 0. The Morgan fingerprint density at radius 3 is 1.50 bits per heavy atom. The molecule has 0 aromatic rings. The number of hydrogen-bond donors (Lipinski definition) is 2. The minimum absolute atomic E-state index is 0.539. The van der Waals surface area contributed by atoms with E-state index >= 15 is 0 Å². The minimum atomic E-state index is 0.539. The van der Waals surface area contributed by atoms with E-state index < -0.39 is 0 Å². The van der Waals surface area contributed by atoms with Crippen molar-refractivity contribution in [2.45, 2.75) is 37.8 Å². The van der Waals surface area contributed by atoms with Gasteiger partial charge in [0.25, 0.3) is 0 Å². The van der Waals surface area contributed by atoms with Crippen molar-refractivity contribution in [1.82, 2.24) is 0 Å². The topological polar surface area (TPSA) is 52.0 Å². The van der Waals surface area contributed by atoms with Crippen LogP contribution in [0.4, 0.5) is 0 Å². The molecule has 4 rings (SSSR count). The van der Waals surface area contributed by atoms with E-state index in [1.54, 1.807) is 0 Å². The molecule has 0 amide bonds. The first-order valence-corrected chi connectivity index (χ1v) is 6.27. The third-order valence-corrected chi connectivity index (χ3v) is 5.92. The van der Waals surface area contributed by atoms with Gasteiger partial charge in [0.2, 0.25) is 0 Å². The van der Waals surface area contributed by atoms with Crippen molar-refractivity contribution >= 4 is 0 Å². The van der Waals surface area contributed by atoms with Crippen LogP contribution in [-0.2, 0) is 0 Å². The fourth-order valence-electron chi connectivity index (χ4n) is 5.70. The van der Waals surface area contributed by atoms with Crippen LogP contribution in [0.25, 0.3) is 0 Å². The number of hydrogen-bond acceptors (Lipinski definition) is 2. The number of fused-ring (bicyclic) bond motifs is 9. The van der Waals surface area contributed by atoms with Crippen molar-refractivity contribution in [1.29, 1.82) is 0 Å². The van der Waals surface area contributed by atoms with Gasteiger partial charge in [-0.05, 0) is 61.2 Å². The SMILES string of the molecule is NC1CC2CC1C1C3CC(N)C(C3)C21. The third-order valence-electron chi connectivity index (χ3n) is 5.92. The van der Waals surface area contributed by atoms with Crippen LogP contribution < -0.4 is 11.5 Å². The molecular formula is C12H20N2.